The topological polar surface area (TPSA) is 377 Å². The van der Waals surface area contributed by atoms with Gasteiger partial charge in [-0.2, -0.15) is 0 Å². The van der Waals surface area contributed by atoms with Gasteiger partial charge < -0.3 is 86.0 Å². The van der Waals surface area contributed by atoms with E-state index in [1.54, 1.807) is 18.5 Å². The number of carbonyl (C=O) groups excluding carboxylic acids is 4. The molecule has 0 aliphatic carbocycles. The third-order valence-electron chi connectivity index (χ3n) is 18.1. The van der Waals surface area contributed by atoms with E-state index in [1.165, 1.54) is 30.6 Å². The fourth-order valence-electron chi connectivity index (χ4n) is 12.7. The smallest absolute Gasteiger partial charge is 0.535 e. The largest absolute Gasteiger partial charge is 1.00 e. The van der Waals surface area contributed by atoms with Crippen molar-refractivity contribution in [1.29, 1.82) is 5.26 Å². The zero-order chi connectivity index (χ0) is 81.0. The standard InChI is InChI=1S/C15H14N4O2.C12H12BrNO2.C11H9BrN2O3.C10H12BrNO2.2C9H7BrO2.C9H7BrO.C4H4BN2O2.CN.CH4.K/c16-14-19-15(8-21-14)4-11-3-10(1-2-13(11)20-7-15)12-5-17-9-18-6-12;1-8-14-12(6-15-8)5-9-4-10(13)2-3-11(9)16-7-12;12-7-1-2-8-6(3-7)4-11(5-17-8)9(15)13-10(16)14-11;11-8-1-2-9-7(3-8)4-10(12,5-13)6-14-9;10-7-1-2-9-6(3-7)4-8(11)5-12-9;10-6-1-2-9-7(5-6)8(11)3-4-12-9;10-8-3-4-9-7(6-8)2-1-5-11-9;8-5-9-4-1-6-3-7-2-4;1-2;;/h1-3,5-6,9H,4,7-8H2,(H2,16,19);2-4H,5-7H2,1H3;1-3H,4-5H2,(H2,13,14,15,16);1-3,13H,4-6,12H2;1-3H,4-5H2;1-2,5H,3-4H2;1-4,6H,5H2;1-3,8H;;1H4;/q;;;;;;;;-1;;+1. The summed E-state index contributed by atoms with van der Waals surface area (Å²) in [6.45, 7) is 10.7. The van der Waals surface area contributed by atoms with Crippen LogP contribution in [0.15, 0.2) is 208 Å². The van der Waals surface area contributed by atoms with Crippen molar-refractivity contribution in [2.45, 2.75) is 75.0 Å². The van der Waals surface area contributed by atoms with Crippen LogP contribution in [-0.2, 0) is 51.2 Å². The molecule has 0 bridgehead atoms. The summed E-state index contributed by atoms with van der Waals surface area (Å²) < 4.78 is 59.8. The number of rotatable bonds is 4. The predicted octanol–water partition coefficient (Wildman–Crippen LogP) is 10.1. The Bertz CT molecular complexity index is 5110. The minimum Gasteiger partial charge on any atom is -0.535 e. The van der Waals surface area contributed by atoms with E-state index in [2.05, 4.69) is 159 Å². The van der Waals surface area contributed by atoms with Gasteiger partial charge in [0, 0.05) is 94.9 Å². The molecule has 1 radical (unpaired) electrons. The number of fused-ring (bicyclic) bond motifs is 7. The van der Waals surface area contributed by atoms with Gasteiger partial charge in [0.15, 0.2) is 23.0 Å². The number of Topliss-reactive ketones (excluding diaryl/α,β-unsaturated/α-hetero) is 2. The first-order valence-electron chi connectivity index (χ1n) is 35.0. The van der Waals surface area contributed by atoms with Crippen LogP contribution in [0.5, 0.6) is 46.0 Å². The number of carbonyl (C=O) groups is 4. The number of nitrogens with one attached hydrogen (secondary N) is 2. The van der Waals surface area contributed by atoms with Gasteiger partial charge in [0.25, 0.3) is 11.9 Å². The van der Waals surface area contributed by atoms with Gasteiger partial charge in [-0.05, 0) is 162 Å². The Hall–Kier alpha value is -8.19. The normalized spacial score (nSPS) is 20.0. The molecule has 19 rings (SSSR count). The van der Waals surface area contributed by atoms with Gasteiger partial charge in [0.05, 0.1) is 36.7 Å². The number of benzene rings is 7. The molecule has 1 fully saturated rings. The Balaban J connectivity index is 0.000000152. The van der Waals surface area contributed by atoms with Crippen LogP contribution in [0.4, 0.5) is 4.79 Å². The van der Waals surface area contributed by atoms with Crippen molar-refractivity contribution in [2.75, 3.05) is 66.1 Å². The molecular formula is C81H76BBr6KN11O16. The number of aromatic nitrogens is 4. The van der Waals surface area contributed by atoms with Crippen molar-refractivity contribution < 1.29 is 128 Å². The maximum atomic E-state index is 11.8. The molecule has 4 unspecified atom stereocenters. The molecule has 1 saturated heterocycles. The second kappa shape index (κ2) is 43.0. The molecular weight excluding hydrogens is 1910 g/mol. The Kier molecular flexibility index (Phi) is 34.0. The summed E-state index contributed by atoms with van der Waals surface area (Å²) in [5, 5.41) is 28.4. The zero-order valence-electron chi connectivity index (χ0n) is 61.8. The number of aliphatic hydroxyl groups is 1. The van der Waals surface area contributed by atoms with Crippen LogP contribution < -0.4 is 111 Å². The second-order valence-corrected chi connectivity index (χ2v) is 32.3. The minimum atomic E-state index is -0.953. The number of nitrogens with zero attached hydrogens (tertiary/aromatic N) is 7. The fourth-order valence-corrected chi connectivity index (χ4v) is 15.1. The van der Waals surface area contributed by atoms with Gasteiger partial charge in [-0.3, -0.25) is 19.7 Å². The summed E-state index contributed by atoms with van der Waals surface area (Å²) >= 11 is 20.3. The average Bonchev–Trinajstić information content (AvgIpc) is 1.59. The van der Waals surface area contributed by atoms with Crippen molar-refractivity contribution in [3.63, 3.8) is 0 Å². The Morgan fingerprint density at radius 1 is 0.552 bits per heavy atom. The number of aliphatic hydroxyl groups excluding tert-OH is 1. The van der Waals surface area contributed by atoms with Crippen LogP contribution in [0.2, 0.25) is 0 Å². The number of ether oxygens (including phenoxy) is 9. The van der Waals surface area contributed by atoms with E-state index < -0.39 is 17.1 Å². The Morgan fingerprint density at radius 2 is 1.04 bits per heavy atom. The predicted molar refractivity (Wildman–Crippen MR) is 450 cm³/mol. The van der Waals surface area contributed by atoms with Crippen LogP contribution in [0.1, 0.15) is 64.5 Å². The van der Waals surface area contributed by atoms with Crippen molar-refractivity contribution in [3.8, 4) is 57.1 Å². The van der Waals surface area contributed by atoms with Crippen LogP contribution in [-0.4, -0.2) is 161 Å². The van der Waals surface area contributed by atoms with Gasteiger partial charge >= 0.3 is 65.1 Å². The number of aliphatic imine (C=N–C) groups is 2. The number of amides is 3. The van der Waals surface area contributed by atoms with Gasteiger partial charge in [0.1, 0.15) is 123 Å². The van der Waals surface area contributed by atoms with Crippen molar-refractivity contribution in [3.05, 3.63) is 243 Å². The molecule has 10 aliphatic rings. The molecule has 4 atom stereocenters. The van der Waals surface area contributed by atoms with E-state index in [0.29, 0.717) is 96.7 Å². The van der Waals surface area contributed by atoms with Crippen molar-refractivity contribution >= 4 is 145 Å². The molecule has 2 aromatic heterocycles. The molecule has 3 spiro atoms. The van der Waals surface area contributed by atoms with E-state index in [9.17, 15) is 19.2 Å². The molecule has 27 nitrogen and oxygen atoms in total. The summed E-state index contributed by atoms with van der Waals surface area (Å²) in [5.41, 5.74) is 18.5. The summed E-state index contributed by atoms with van der Waals surface area (Å²) in [5.74, 6) is 7.14. The third-order valence-corrected chi connectivity index (χ3v) is 21.1. The minimum absolute atomic E-state index is 0. The van der Waals surface area contributed by atoms with E-state index in [4.69, 9.17) is 76.1 Å². The number of ketones is 2. The van der Waals surface area contributed by atoms with Gasteiger partial charge in [-0.25, -0.2) is 34.7 Å². The molecule has 7 aromatic carbocycles. The molecule has 9 aromatic rings. The molecule has 3 amide bonds. The molecule has 12 heterocycles. The summed E-state index contributed by atoms with van der Waals surface area (Å²) in [4.78, 5) is 69.6. The number of hydrogen-bond donors (Lipinski definition) is 6. The van der Waals surface area contributed by atoms with Crippen LogP contribution >= 0.6 is 95.6 Å². The number of amidine groups is 1. The Morgan fingerprint density at radius 3 is 1.60 bits per heavy atom. The fraction of sp³-hybridized carbons (Fsp3) is 0.272. The second-order valence-electron chi connectivity index (χ2n) is 26.8. The number of halogens is 6. The molecule has 0 saturated carbocycles. The summed E-state index contributed by atoms with van der Waals surface area (Å²) in [7, 11) is 0.582. The van der Waals surface area contributed by atoms with E-state index >= 15 is 0 Å². The SMILES string of the molecule is Brc1ccc2c(c1)C=CCO2.C.CC1=NC2(CO1)COc1ccc(Br)cc1C2.NC1(CO)COc2ccc(Br)cc2C1.NC1=NC2(CO1)COc1ccc(-c3cncnc3)cc1C2.O=C1CCOc2ccc(Br)cc21.O=C1COc2ccc(Br)cc2C1.O=C1NC(=O)C2(COc3ccc(Br)cc3C2)N1.O[B]Oc1cncnc1.[C-]#N.[K+]. The van der Waals surface area contributed by atoms with E-state index in [-0.39, 0.29) is 113 Å². The van der Waals surface area contributed by atoms with Crippen LogP contribution in [0.3, 0.4) is 0 Å². The van der Waals surface area contributed by atoms with E-state index in [1.807, 2.05) is 122 Å². The molecule has 597 valence electrons. The first kappa shape index (κ1) is 91.7. The third kappa shape index (κ3) is 25.0. The summed E-state index contributed by atoms with van der Waals surface area (Å²) in [6.07, 6.45) is 17.2. The van der Waals surface area contributed by atoms with Gasteiger partial charge in [0.2, 0.25) is 0 Å². The summed E-state index contributed by atoms with van der Waals surface area (Å²) in [6, 6.07) is 40.6. The molecule has 10 aliphatic heterocycles. The zero-order valence-corrected chi connectivity index (χ0v) is 74.4. The molecule has 35 heteroatoms. The van der Waals surface area contributed by atoms with E-state index in [0.717, 1.165) is 119 Å². The molecule has 8 N–H and O–H groups in total. The maximum Gasteiger partial charge on any atom is 1.00 e. The number of imide groups is 1. The van der Waals surface area contributed by atoms with Crippen molar-refractivity contribution in [1.82, 2.24) is 30.6 Å². The van der Waals surface area contributed by atoms with Crippen molar-refractivity contribution in [2.24, 2.45) is 21.5 Å². The molecule has 116 heavy (non-hydrogen) atoms. The van der Waals surface area contributed by atoms with Crippen LogP contribution in [0.25, 0.3) is 17.2 Å². The monoisotopic (exact) mass is 1980 g/mol. The van der Waals surface area contributed by atoms with Crippen LogP contribution in [0, 0.1) is 11.8 Å². The maximum absolute atomic E-state index is 11.8. The van der Waals surface area contributed by atoms with Gasteiger partial charge in [-0.1, -0.05) is 115 Å². The first-order valence-corrected chi connectivity index (χ1v) is 39.7. The Labute approximate surface area is 763 Å². The number of hydrogen-bond acceptors (Lipinski definition) is 25. The first-order chi connectivity index (χ1) is 54.9. The number of urea groups is 1. The number of nitrogens with two attached hydrogens (primary N) is 2. The quantitative estimate of drug-likeness (QED) is 0.0542. The van der Waals surface area contributed by atoms with Gasteiger partial charge in [-0.15, -0.1) is 0 Å². The average molecular weight is 1990 g/mol.